The van der Waals surface area contributed by atoms with Crippen LogP contribution in [0.5, 0.6) is 0 Å². The van der Waals surface area contributed by atoms with Crippen LogP contribution < -0.4 is 0 Å². The van der Waals surface area contributed by atoms with Crippen molar-refractivity contribution in [1.82, 2.24) is 0 Å². The standard InChI is InChI=1S/C25H38O/c26-25(20-21-14-8-3-1-4-9-15-21)24-19-13-7-12-18-23(24)22-16-10-5-2-6-11-17-22/h1,3-4,8-9,14-15,22-26H,2,5-7,10-13,16-20H2. The van der Waals surface area contributed by atoms with Crippen molar-refractivity contribution in [3.8, 4) is 0 Å². The maximum Gasteiger partial charge on any atom is 0.0611 e. The molecule has 1 heteroatoms. The highest BCUT2D eigenvalue weighted by molar-refractivity contribution is 5.31. The Labute approximate surface area is 161 Å². The Morgan fingerprint density at radius 3 is 2.19 bits per heavy atom. The third kappa shape index (κ3) is 5.98. The fourth-order valence-corrected chi connectivity index (χ4v) is 5.48. The highest BCUT2D eigenvalue weighted by Gasteiger charge is 2.34. The first-order chi connectivity index (χ1) is 12.8. The Hall–Kier alpha value is -1.08. The van der Waals surface area contributed by atoms with Gasteiger partial charge in [-0.1, -0.05) is 107 Å². The molecular formula is C25H38O. The van der Waals surface area contributed by atoms with E-state index >= 15 is 0 Å². The number of rotatable bonds is 4. The number of aliphatic hydroxyl groups excluding tert-OH is 1. The molecule has 0 amide bonds. The van der Waals surface area contributed by atoms with Crippen LogP contribution in [-0.4, -0.2) is 11.2 Å². The van der Waals surface area contributed by atoms with Crippen molar-refractivity contribution in [2.45, 2.75) is 89.6 Å². The molecule has 0 aromatic rings. The zero-order valence-electron chi connectivity index (χ0n) is 16.5. The van der Waals surface area contributed by atoms with Gasteiger partial charge in [0, 0.05) is 0 Å². The Bertz CT molecular complexity index is 516. The fraction of sp³-hybridized carbons (Fsp3) is 0.680. The number of hydrogen-bond donors (Lipinski definition) is 1. The van der Waals surface area contributed by atoms with Gasteiger partial charge in [0.1, 0.15) is 0 Å². The zero-order valence-corrected chi connectivity index (χ0v) is 16.5. The molecule has 3 rings (SSSR count). The lowest BCUT2D eigenvalue weighted by Crippen LogP contribution is -2.32. The molecule has 1 N–H and O–H groups in total. The van der Waals surface area contributed by atoms with Crippen molar-refractivity contribution in [1.29, 1.82) is 0 Å². The van der Waals surface area contributed by atoms with Crippen molar-refractivity contribution in [2.24, 2.45) is 17.8 Å². The van der Waals surface area contributed by atoms with Gasteiger partial charge in [0.2, 0.25) is 0 Å². The van der Waals surface area contributed by atoms with Crippen LogP contribution in [0.1, 0.15) is 83.5 Å². The van der Waals surface area contributed by atoms with Crippen LogP contribution >= 0.6 is 0 Å². The molecular weight excluding hydrogens is 316 g/mol. The van der Waals surface area contributed by atoms with Crippen molar-refractivity contribution in [3.63, 3.8) is 0 Å². The summed E-state index contributed by atoms with van der Waals surface area (Å²) < 4.78 is 0. The van der Waals surface area contributed by atoms with Gasteiger partial charge in [-0.05, 0) is 42.6 Å². The summed E-state index contributed by atoms with van der Waals surface area (Å²) in [6, 6.07) is 0. The summed E-state index contributed by atoms with van der Waals surface area (Å²) >= 11 is 0. The first-order valence-corrected chi connectivity index (χ1v) is 11.2. The Balaban J connectivity index is 1.68. The molecule has 3 aliphatic rings. The van der Waals surface area contributed by atoms with Gasteiger partial charge < -0.3 is 5.11 Å². The van der Waals surface area contributed by atoms with E-state index in [-0.39, 0.29) is 6.10 Å². The molecule has 2 fully saturated rings. The maximum absolute atomic E-state index is 11.2. The van der Waals surface area contributed by atoms with Gasteiger partial charge in [0.25, 0.3) is 0 Å². The monoisotopic (exact) mass is 354 g/mol. The van der Waals surface area contributed by atoms with Crippen LogP contribution in [0, 0.1) is 17.8 Å². The lowest BCUT2D eigenvalue weighted by molar-refractivity contribution is 0.0400. The third-order valence-corrected chi connectivity index (χ3v) is 6.88. The molecule has 3 atom stereocenters. The SMILES string of the molecule is OC(CC1=CC=CC=CC=C1)C1CCCCCC1C1CCCCCCC1. The number of hydrogen-bond acceptors (Lipinski definition) is 1. The molecule has 26 heavy (non-hydrogen) atoms. The Kier molecular flexibility index (Phi) is 8.26. The summed E-state index contributed by atoms with van der Waals surface area (Å²) in [5, 5.41) is 11.2. The molecule has 3 aliphatic carbocycles. The topological polar surface area (TPSA) is 20.2 Å². The summed E-state index contributed by atoms with van der Waals surface area (Å²) in [5.41, 5.74) is 1.26. The summed E-state index contributed by atoms with van der Waals surface area (Å²) in [4.78, 5) is 0. The van der Waals surface area contributed by atoms with E-state index in [1.54, 1.807) is 0 Å². The highest BCUT2D eigenvalue weighted by atomic mass is 16.3. The van der Waals surface area contributed by atoms with Crippen LogP contribution in [0.3, 0.4) is 0 Å². The third-order valence-electron chi connectivity index (χ3n) is 6.88. The average molecular weight is 355 g/mol. The molecule has 0 saturated heterocycles. The Morgan fingerprint density at radius 1 is 0.731 bits per heavy atom. The van der Waals surface area contributed by atoms with E-state index < -0.39 is 0 Å². The smallest absolute Gasteiger partial charge is 0.0611 e. The van der Waals surface area contributed by atoms with E-state index in [4.69, 9.17) is 0 Å². The minimum Gasteiger partial charge on any atom is -0.392 e. The molecule has 0 radical (unpaired) electrons. The van der Waals surface area contributed by atoms with Crippen LogP contribution in [0.25, 0.3) is 0 Å². The van der Waals surface area contributed by atoms with Crippen LogP contribution in [0.4, 0.5) is 0 Å². The van der Waals surface area contributed by atoms with Gasteiger partial charge >= 0.3 is 0 Å². The summed E-state index contributed by atoms with van der Waals surface area (Å²) in [5.74, 6) is 2.11. The molecule has 0 spiro atoms. The maximum atomic E-state index is 11.2. The van der Waals surface area contributed by atoms with E-state index in [2.05, 4.69) is 42.5 Å². The van der Waals surface area contributed by atoms with E-state index in [1.165, 1.54) is 82.6 Å². The zero-order chi connectivity index (χ0) is 18.0. The minimum atomic E-state index is -0.184. The normalized spacial score (nSPS) is 29.8. The predicted molar refractivity (Wildman–Crippen MR) is 112 cm³/mol. The number of allylic oxidation sites excluding steroid dienone is 7. The van der Waals surface area contributed by atoms with Gasteiger partial charge in [-0.2, -0.15) is 0 Å². The molecule has 0 aromatic carbocycles. The molecule has 144 valence electrons. The fourth-order valence-electron chi connectivity index (χ4n) is 5.48. The lowest BCUT2D eigenvalue weighted by Gasteiger charge is -2.36. The second-order valence-electron chi connectivity index (χ2n) is 8.71. The van der Waals surface area contributed by atoms with Gasteiger partial charge in [-0.15, -0.1) is 0 Å². The quantitative estimate of drug-likeness (QED) is 0.544. The number of aliphatic hydroxyl groups is 1. The van der Waals surface area contributed by atoms with E-state index in [9.17, 15) is 5.11 Å². The average Bonchev–Trinajstić information content (AvgIpc) is 2.83. The van der Waals surface area contributed by atoms with Crippen molar-refractivity contribution < 1.29 is 5.11 Å². The molecule has 0 aromatic heterocycles. The van der Waals surface area contributed by atoms with E-state index in [0.717, 1.165) is 18.3 Å². The van der Waals surface area contributed by atoms with Crippen molar-refractivity contribution in [3.05, 3.63) is 48.1 Å². The second-order valence-corrected chi connectivity index (χ2v) is 8.71. The van der Waals surface area contributed by atoms with Gasteiger partial charge in [0.15, 0.2) is 0 Å². The van der Waals surface area contributed by atoms with Gasteiger partial charge in [-0.3, -0.25) is 0 Å². The lowest BCUT2D eigenvalue weighted by atomic mass is 9.70. The van der Waals surface area contributed by atoms with Crippen molar-refractivity contribution in [2.75, 3.05) is 0 Å². The van der Waals surface area contributed by atoms with E-state index in [0.29, 0.717) is 5.92 Å². The first kappa shape index (κ1) is 19.7. The predicted octanol–water partition coefficient (Wildman–Crippen LogP) is 6.90. The summed E-state index contributed by atoms with van der Waals surface area (Å²) in [6.07, 6.45) is 31.9. The summed E-state index contributed by atoms with van der Waals surface area (Å²) in [7, 11) is 0. The van der Waals surface area contributed by atoms with Gasteiger partial charge in [0.05, 0.1) is 6.10 Å². The van der Waals surface area contributed by atoms with Crippen molar-refractivity contribution >= 4 is 0 Å². The van der Waals surface area contributed by atoms with Crippen LogP contribution in [0.2, 0.25) is 0 Å². The largest absolute Gasteiger partial charge is 0.392 e. The molecule has 0 aliphatic heterocycles. The minimum absolute atomic E-state index is 0.184. The van der Waals surface area contributed by atoms with Gasteiger partial charge in [-0.25, -0.2) is 0 Å². The molecule has 0 heterocycles. The molecule has 1 nitrogen and oxygen atoms in total. The molecule has 3 unspecified atom stereocenters. The van der Waals surface area contributed by atoms with Crippen LogP contribution in [-0.2, 0) is 0 Å². The highest BCUT2D eigenvalue weighted by Crippen LogP contribution is 2.42. The second kappa shape index (κ2) is 10.9. The molecule has 0 bridgehead atoms. The molecule has 2 saturated carbocycles. The van der Waals surface area contributed by atoms with Crippen LogP contribution in [0.15, 0.2) is 48.1 Å². The summed E-state index contributed by atoms with van der Waals surface area (Å²) in [6.45, 7) is 0. The van der Waals surface area contributed by atoms with E-state index in [1.807, 2.05) is 0 Å². The first-order valence-electron chi connectivity index (χ1n) is 11.2. The Morgan fingerprint density at radius 2 is 1.35 bits per heavy atom.